The van der Waals surface area contributed by atoms with Gasteiger partial charge in [0.05, 0.1) is 0 Å². The first-order valence-electron chi connectivity index (χ1n) is 4.20. The van der Waals surface area contributed by atoms with Crippen LogP contribution in [-0.2, 0) is 0 Å². The average molecular weight is 144 g/mol. The van der Waals surface area contributed by atoms with Gasteiger partial charge in [0.15, 0.2) is 0 Å². The van der Waals surface area contributed by atoms with Crippen LogP contribution in [-0.4, -0.2) is 13.1 Å². The van der Waals surface area contributed by atoms with Crippen molar-refractivity contribution in [2.75, 3.05) is 13.1 Å². The van der Waals surface area contributed by atoms with Gasteiger partial charge in [-0.3, -0.25) is 0 Å². The highest BCUT2D eigenvalue weighted by atomic mass is 14.6. The number of nitrogens with two attached hydrogens (primary N) is 2. The van der Waals surface area contributed by atoms with Crippen molar-refractivity contribution >= 4 is 0 Å². The van der Waals surface area contributed by atoms with E-state index < -0.39 is 0 Å². The summed E-state index contributed by atoms with van der Waals surface area (Å²) in [6.07, 6.45) is 2.32. The molecule has 0 rings (SSSR count). The summed E-state index contributed by atoms with van der Waals surface area (Å²) in [5.74, 6) is 1.27. The van der Waals surface area contributed by atoms with Gasteiger partial charge < -0.3 is 11.5 Å². The Bertz CT molecular complexity index is 55.7. The molecule has 0 aliphatic heterocycles. The molecule has 0 saturated carbocycles. The van der Waals surface area contributed by atoms with E-state index in [1.165, 1.54) is 0 Å². The predicted molar refractivity (Wildman–Crippen MR) is 45.7 cm³/mol. The molecule has 10 heavy (non-hydrogen) atoms. The summed E-state index contributed by atoms with van der Waals surface area (Å²) in [6.45, 7) is 5.92. The molecule has 0 aromatic heterocycles. The lowest BCUT2D eigenvalue weighted by Gasteiger charge is -2.21. The fourth-order valence-electron chi connectivity index (χ4n) is 1.38. The zero-order chi connectivity index (χ0) is 7.98. The van der Waals surface area contributed by atoms with Gasteiger partial charge in [-0.15, -0.1) is 0 Å². The molecule has 2 unspecified atom stereocenters. The Kier molecular flexibility index (Phi) is 5.64. The van der Waals surface area contributed by atoms with Gasteiger partial charge in [0.1, 0.15) is 0 Å². The summed E-state index contributed by atoms with van der Waals surface area (Å²) in [4.78, 5) is 0. The van der Waals surface area contributed by atoms with Gasteiger partial charge in [-0.05, 0) is 24.9 Å². The van der Waals surface area contributed by atoms with Crippen molar-refractivity contribution in [2.45, 2.75) is 26.7 Å². The van der Waals surface area contributed by atoms with E-state index in [1.807, 2.05) is 0 Å². The molecule has 0 heterocycles. The third kappa shape index (κ3) is 2.67. The first kappa shape index (κ1) is 9.92. The lowest BCUT2D eigenvalue weighted by molar-refractivity contribution is 0.328. The van der Waals surface area contributed by atoms with E-state index in [4.69, 9.17) is 11.5 Å². The maximum Gasteiger partial charge on any atom is -0.00458 e. The fraction of sp³-hybridized carbons (Fsp3) is 1.00. The highest BCUT2D eigenvalue weighted by Crippen LogP contribution is 2.16. The predicted octanol–water partition coefficient (Wildman–Crippen LogP) is 0.956. The Morgan fingerprint density at radius 2 is 1.20 bits per heavy atom. The zero-order valence-corrected chi connectivity index (χ0v) is 7.14. The third-order valence-corrected chi connectivity index (χ3v) is 2.32. The van der Waals surface area contributed by atoms with E-state index in [1.54, 1.807) is 0 Å². The molecule has 0 aromatic carbocycles. The first-order valence-corrected chi connectivity index (χ1v) is 4.20. The quantitative estimate of drug-likeness (QED) is 0.603. The van der Waals surface area contributed by atoms with Crippen LogP contribution in [0.3, 0.4) is 0 Å². The molecule has 0 aliphatic rings. The maximum absolute atomic E-state index is 5.58. The molecule has 2 heteroatoms. The highest BCUT2D eigenvalue weighted by molar-refractivity contribution is 4.68. The second kappa shape index (κ2) is 5.69. The zero-order valence-electron chi connectivity index (χ0n) is 7.14. The van der Waals surface area contributed by atoms with E-state index in [0.717, 1.165) is 25.9 Å². The van der Waals surface area contributed by atoms with Crippen molar-refractivity contribution in [3.05, 3.63) is 0 Å². The molecular weight excluding hydrogens is 124 g/mol. The van der Waals surface area contributed by atoms with Crippen molar-refractivity contribution in [1.29, 1.82) is 0 Å². The normalized spacial score (nSPS) is 16.8. The number of rotatable bonds is 5. The van der Waals surface area contributed by atoms with Gasteiger partial charge in [0.2, 0.25) is 0 Å². The lowest BCUT2D eigenvalue weighted by atomic mass is 9.88. The monoisotopic (exact) mass is 144 g/mol. The minimum absolute atomic E-state index is 0.634. The Balaban J connectivity index is 3.70. The molecule has 62 valence electrons. The Morgan fingerprint density at radius 3 is 1.30 bits per heavy atom. The Hall–Kier alpha value is -0.0800. The minimum atomic E-state index is 0.634. The summed E-state index contributed by atoms with van der Waals surface area (Å²) in [5, 5.41) is 0. The molecule has 0 saturated heterocycles. The molecule has 0 spiro atoms. The summed E-state index contributed by atoms with van der Waals surface area (Å²) >= 11 is 0. The number of hydrogen-bond donors (Lipinski definition) is 2. The Labute approximate surface area is 64.0 Å². The summed E-state index contributed by atoms with van der Waals surface area (Å²) < 4.78 is 0. The molecule has 0 amide bonds. The third-order valence-electron chi connectivity index (χ3n) is 2.32. The van der Waals surface area contributed by atoms with Crippen molar-refractivity contribution in [2.24, 2.45) is 23.3 Å². The molecule has 0 bridgehead atoms. The van der Waals surface area contributed by atoms with E-state index in [2.05, 4.69) is 13.8 Å². The molecule has 0 fully saturated rings. The summed E-state index contributed by atoms with van der Waals surface area (Å²) in [6, 6.07) is 0. The average Bonchev–Trinajstić information content (AvgIpc) is 2.00. The standard InChI is InChI=1S/C8H20N2/c1-3-7(5-9)8(4-2)6-10/h7-8H,3-6,9-10H2,1-2H3. The van der Waals surface area contributed by atoms with Crippen molar-refractivity contribution in [1.82, 2.24) is 0 Å². The van der Waals surface area contributed by atoms with Crippen molar-refractivity contribution in [3.63, 3.8) is 0 Å². The van der Waals surface area contributed by atoms with Crippen LogP contribution >= 0.6 is 0 Å². The maximum atomic E-state index is 5.58. The fourth-order valence-corrected chi connectivity index (χ4v) is 1.38. The lowest BCUT2D eigenvalue weighted by Crippen LogP contribution is -2.28. The second-order valence-electron chi connectivity index (χ2n) is 2.81. The van der Waals surface area contributed by atoms with Crippen LogP contribution < -0.4 is 11.5 Å². The molecule has 0 aliphatic carbocycles. The summed E-state index contributed by atoms with van der Waals surface area (Å²) in [5.41, 5.74) is 11.2. The Morgan fingerprint density at radius 1 is 0.900 bits per heavy atom. The smallest absolute Gasteiger partial charge is 0.00458 e. The molecule has 2 atom stereocenters. The van der Waals surface area contributed by atoms with Crippen LogP contribution in [0.5, 0.6) is 0 Å². The summed E-state index contributed by atoms with van der Waals surface area (Å²) in [7, 11) is 0. The van der Waals surface area contributed by atoms with Gasteiger partial charge >= 0.3 is 0 Å². The van der Waals surface area contributed by atoms with E-state index >= 15 is 0 Å². The van der Waals surface area contributed by atoms with E-state index in [-0.39, 0.29) is 0 Å². The molecule has 0 radical (unpaired) electrons. The van der Waals surface area contributed by atoms with Gasteiger partial charge in [0, 0.05) is 0 Å². The second-order valence-corrected chi connectivity index (χ2v) is 2.81. The van der Waals surface area contributed by atoms with Crippen molar-refractivity contribution < 1.29 is 0 Å². The SMILES string of the molecule is CCC(CN)C(CC)CN. The molecule has 4 N–H and O–H groups in total. The van der Waals surface area contributed by atoms with Gasteiger partial charge in [-0.25, -0.2) is 0 Å². The van der Waals surface area contributed by atoms with Gasteiger partial charge in [-0.1, -0.05) is 26.7 Å². The van der Waals surface area contributed by atoms with Crippen LogP contribution in [0.25, 0.3) is 0 Å². The van der Waals surface area contributed by atoms with Crippen LogP contribution in [0.2, 0.25) is 0 Å². The molecule has 0 aromatic rings. The number of hydrogen-bond acceptors (Lipinski definition) is 2. The van der Waals surface area contributed by atoms with Gasteiger partial charge in [0.25, 0.3) is 0 Å². The van der Waals surface area contributed by atoms with Crippen LogP contribution in [0.15, 0.2) is 0 Å². The molecular formula is C8H20N2. The topological polar surface area (TPSA) is 52.0 Å². The van der Waals surface area contributed by atoms with Crippen LogP contribution in [0.4, 0.5) is 0 Å². The first-order chi connectivity index (χ1) is 4.79. The minimum Gasteiger partial charge on any atom is -0.330 e. The van der Waals surface area contributed by atoms with E-state index in [0.29, 0.717) is 11.8 Å². The molecule has 2 nitrogen and oxygen atoms in total. The van der Waals surface area contributed by atoms with Crippen LogP contribution in [0, 0.1) is 11.8 Å². The largest absolute Gasteiger partial charge is 0.330 e. The van der Waals surface area contributed by atoms with Gasteiger partial charge in [-0.2, -0.15) is 0 Å². The van der Waals surface area contributed by atoms with Crippen molar-refractivity contribution in [3.8, 4) is 0 Å². The highest BCUT2D eigenvalue weighted by Gasteiger charge is 2.14. The van der Waals surface area contributed by atoms with E-state index in [9.17, 15) is 0 Å². The van der Waals surface area contributed by atoms with Crippen LogP contribution in [0.1, 0.15) is 26.7 Å².